The fraction of sp³-hybridized carbons (Fsp3) is 0.350. The van der Waals surface area contributed by atoms with E-state index < -0.39 is 21.5 Å². The number of rotatable bonds is 5. The van der Waals surface area contributed by atoms with Gasteiger partial charge in [-0.15, -0.1) is 0 Å². The van der Waals surface area contributed by atoms with Crippen LogP contribution < -0.4 is 9.62 Å². The van der Waals surface area contributed by atoms with E-state index in [1.54, 1.807) is 49.4 Å². The minimum absolute atomic E-state index is 0.121. The molecule has 1 amide bonds. The zero-order valence-electron chi connectivity index (χ0n) is 16.2. The van der Waals surface area contributed by atoms with Crippen LogP contribution in [0.3, 0.4) is 0 Å². The Labute approximate surface area is 166 Å². The monoisotopic (exact) mass is 408 g/mol. The number of carbonyl (C=O) groups is 1. The van der Waals surface area contributed by atoms with Gasteiger partial charge in [0.25, 0.3) is 10.0 Å². The molecule has 0 aliphatic carbocycles. The van der Waals surface area contributed by atoms with Crippen LogP contribution in [0.4, 0.5) is 5.69 Å². The third-order valence-corrected chi connectivity index (χ3v) is 5.86. The molecule has 2 aromatic carbocycles. The van der Waals surface area contributed by atoms with Gasteiger partial charge < -0.3 is 5.32 Å². The van der Waals surface area contributed by atoms with Gasteiger partial charge >= 0.3 is 0 Å². The number of nitrogens with zero attached hydrogens (tertiary/aromatic N) is 1. The molecule has 1 N–H and O–H groups in total. The maximum atomic E-state index is 13.3. The molecule has 0 saturated carbocycles. The van der Waals surface area contributed by atoms with E-state index in [0.29, 0.717) is 16.3 Å². The van der Waals surface area contributed by atoms with E-state index in [0.717, 1.165) is 9.87 Å². The van der Waals surface area contributed by atoms with Crippen molar-refractivity contribution in [1.82, 2.24) is 5.32 Å². The van der Waals surface area contributed by atoms with Crippen molar-refractivity contribution >= 4 is 33.2 Å². The fourth-order valence-electron chi connectivity index (χ4n) is 2.58. The molecule has 0 spiro atoms. The summed E-state index contributed by atoms with van der Waals surface area (Å²) >= 11 is 6.10. The Kier molecular flexibility index (Phi) is 6.22. The molecular weight excluding hydrogens is 384 g/mol. The van der Waals surface area contributed by atoms with Gasteiger partial charge in [-0.3, -0.25) is 9.10 Å². The van der Waals surface area contributed by atoms with E-state index in [1.807, 2.05) is 27.7 Å². The van der Waals surface area contributed by atoms with Gasteiger partial charge in [0, 0.05) is 10.6 Å². The number of aryl methyl sites for hydroxylation is 2. The molecule has 146 valence electrons. The maximum absolute atomic E-state index is 13.3. The largest absolute Gasteiger partial charge is 0.350 e. The highest BCUT2D eigenvalue weighted by molar-refractivity contribution is 7.92. The smallest absolute Gasteiger partial charge is 0.264 e. The predicted molar refractivity (Wildman–Crippen MR) is 110 cm³/mol. The highest BCUT2D eigenvalue weighted by atomic mass is 35.5. The standard InChI is InChI=1S/C20H25ClN2O3S/c1-14-6-10-17(11-7-14)27(25,26)23(13-19(24)22-20(3,4)5)18-12-16(21)9-8-15(18)2/h6-12H,13H2,1-5H3,(H,22,24). The summed E-state index contributed by atoms with van der Waals surface area (Å²) in [7, 11) is -3.95. The Morgan fingerprint density at radius 2 is 1.67 bits per heavy atom. The highest BCUT2D eigenvalue weighted by Gasteiger charge is 2.29. The molecule has 0 bridgehead atoms. The molecule has 0 aliphatic heterocycles. The summed E-state index contributed by atoms with van der Waals surface area (Å²) in [6.45, 7) is 8.85. The average molecular weight is 409 g/mol. The van der Waals surface area contributed by atoms with E-state index in [4.69, 9.17) is 11.6 Å². The third kappa shape index (κ3) is 5.47. The van der Waals surface area contributed by atoms with Crippen LogP contribution in [-0.4, -0.2) is 26.4 Å². The number of anilines is 1. The van der Waals surface area contributed by atoms with Crippen LogP contribution in [0.5, 0.6) is 0 Å². The lowest BCUT2D eigenvalue weighted by Crippen LogP contribution is -2.47. The van der Waals surface area contributed by atoms with Crippen LogP contribution >= 0.6 is 11.6 Å². The zero-order chi connectivity index (χ0) is 20.4. The molecule has 2 rings (SSSR count). The Bertz CT molecular complexity index is 933. The summed E-state index contributed by atoms with van der Waals surface area (Å²) in [5, 5.41) is 3.21. The molecule has 0 heterocycles. The highest BCUT2D eigenvalue weighted by Crippen LogP contribution is 2.29. The molecule has 0 fully saturated rings. The first-order chi connectivity index (χ1) is 12.4. The number of benzene rings is 2. The normalized spacial score (nSPS) is 11.9. The predicted octanol–water partition coefficient (Wildman–Crippen LogP) is 4.07. The number of hydrogen-bond donors (Lipinski definition) is 1. The molecule has 0 atom stereocenters. The minimum atomic E-state index is -3.95. The van der Waals surface area contributed by atoms with Gasteiger partial charge in [0.15, 0.2) is 0 Å². The van der Waals surface area contributed by atoms with Crippen LogP contribution in [0.2, 0.25) is 5.02 Å². The summed E-state index contributed by atoms with van der Waals surface area (Å²) in [6.07, 6.45) is 0. The molecule has 7 heteroatoms. The van der Waals surface area contributed by atoms with E-state index in [2.05, 4.69) is 5.32 Å². The van der Waals surface area contributed by atoms with Crippen LogP contribution in [-0.2, 0) is 14.8 Å². The second-order valence-corrected chi connectivity index (χ2v) is 9.85. The van der Waals surface area contributed by atoms with Crippen molar-refractivity contribution in [2.75, 3.05) is 10.8 Å². The van der Waals surface area contributed by atoms with Crippen LogP contribution in [0.15, 0.2) is 47.4 Å². The van der Waals surface area contributed by atoms with Crippen molar-refractivity contribution in [3.05, 3.63) is 58.6 Å². The lowest BCUT2D eigenvalue weighted by Gasteiger charge is -2.28. The fourth-order valence-corrected chi connectivity index (χ4v) is 4.22. The number of carbonyl (C=O) groups excluding carboxylic acids is 1. The molecule has 0 unspecified atom stereocenters. The van der Waals surface area contributed by atoms with Crippen molar-refractivity contribution in [1.29, 1.82) is 0 Å². The Balaban J connectivity index is 2.53. The number of amides is 1. The van der Waals surface area contributed by atoms with Gasteiger partial charge in [-0.2, -0.15) is 0 Å². The number of nitrogens with one attached hydrogen (secondary N) is 1. The average Bonchev–Trinajstić information content (AvgIpc) is 2.54. The van der Waals surface area contributed by atoms with Gasteiger partial charge in [-0.25, -0.2) is 8.42 Å². The van der Waals surface area contributed by atoms with E-state index in [-0.39, 0.29) is 11.4 Å². The van der Waals surface area contributed by atoms with Crippen LogP contribution in [0.1, 0.15) is 31.9 Å². The SMILES string of the molecule is Cc1ccc(S(=O)(=O)N(CC(=O)NC(C)(C)C)c2cc(Cl)ccc2C)cc1. The summed E-state index contributed by atoms with van der Waals surface area (Å²) in [6, 6.07) is 11.5. The molecule has 27 heavy (non-hydrogen) atoms. The van der Waals surface area contributed by atoms with Gasteiger partial charge in [0.2, 0.25) is 5.91 Å². The Morgan fingerprint density at radius 3 is 2.22 bits per heavy atom. The van der Waals surface area contributed by atoms with Crippen molar-refractivity contribution < 1.29 is 13.2 Å². The molecule has 0 radical (unpaired) electrons. The molecule has 0 saturated heterocycles. The molecule has 0 aliphatic rings. The summed E-state index contributed by atoms with van der Waals surface area (Å²) in [5.41, 5.74) is 1.57. The van der Waals surface area contributed by atoms with E-state index >= 15 is 0 Å². The topological polar surface area (TPSA) is 66.5 Å². The van der Waals surface area contributed by atoms with Crippen molar-refractivity contribution in [2.24, 2.45) is 0 Å². The van der Waals surface area contributed by atoms with Gasteiger partial charge in [-0.05, 0) is 64.4 Å². The second-order valence-electron chi connectivity index (χ2n) is 7.55. The van der Waals surface area contributed by atoms with Gasteiger partial charge in [0.1, 0.15) is 6.54 Å². The van der Waals surface area contributed by atoms with Crippen molar-refractivity contribution in [3.8, 4) is 0 Å². The molecule has 0 aromatic heterocycles. The number of halogens is 1. The van der Waals surface area contributed by atoms with E-state index in [9.17, 15) is 13.2 Å². The lowest BCUT2D eigenvalue weighted by atomic mass is 10.1. The summed E-state index contributed by atoms with van der Waals surface area (Å²) < 4.78 is 27.7. The van der Waals surface area contributed by atoms with Gasteiger partial charge in [-0.1, -0.05) is 35.4 Å². The Morgan fingerprint density at radius 1 is 1.07 bits per heavy atom. The second kappa shape index (κ2) is 7.90. The minimum Gasteiger partial charge on any atom is -0.350 e. The summed E-state index contributed by atoms with van der Waals surface area (Å²) in [5.74, 6) is -0.391. The zero-order valence-corrected chi connectivity index (χ0v) is 17.8. The first kappa shape index (κ1) is 21.3. The summed E-state index contributed by atoms with van der Waals surface area (Å²) in [4.78, 5) is 12.6. The number of sulfonamides is 1. The molecule has 5 nitrogen and oxygen atoms in total. The van der Waals surface area contributed by atoms with E-state index in [1.165, 1.54) is 0 Å². The van der Waals surface area contributed by atoms with Crippen molar-refractivity contribution in [3.63, 3.8) is 0 Å². The van der Waals surface area contributed by atoms with Crippen LogP contribution in [0, 0.1) is 13.8 Å². The Hall–Kier alpha value is -2.05. The lowest BCUT2D eigenvalue weighted by molar-refractivity contribution is -0.121. The molecular formula is C20H25ClN2O3S. The first-order valence-corrected chi connectivity index (χ1v) is 10.4. The third-order valence-electron chi connectivity index (χ3n) is 3.85. The maximum Gasteiger partial charge on any atom is 0.264 e. The van der Waals surface area contributed by atoms with Crippen molar-refractivity contribution in [2.45, 2.75) is 45.1 Å². The first-order valence-electron chi connectivity index (χ1n) is 8.57. The number of hydrogen-bond acceptors (Lipinski definition) is 3. The molecule has 2 aromatic rings. The quantitative estimate of drug-likeness (QED) is 0.810. The van der Waals surface area contributed by atoms with Gasteiger partial charge in [0.05, 0.1) is 10.6 Å². The van der Waals surface area contributed by atoms with Crippen LogP contribution in [0.25, 0.3) is 0 Å².